The fourth-order valence-electron chi connectivity index (χ4n) is 2.74. The van der Waals surface area contributed by atoms with Crippen LogP contribution in [0.5, 0.6) is 0 Å². The minimum atomic E-state index is -0.385. The van der Waals surface area contributed by atoms with E-state index in [1.54, 1.807) is 0 Å². The van der Waals surface area contributed by atoms with Crippen molar-refractivity contribution in [1.29, 1.82) is 0 Å². The van der Waals surface area contributed by atoms with Crippen LogP contribution < -0.4 is 10.6 Å². The van der Waals surface area contributed by atoms with E-state index in [0.29, 0.717) is 6.54 Å². The van der Waals surface area contributed by atoms with Crippen molar-refractivity contribution in [2.45, 2.75) is 19.9 Å². The Kier molecular flexibility index (Phi) is 3.87. The highest BCUT2D eigenvalue weighted by Gasteiger charge is 2.39. The molecule has 3 aliphatic heterocycles. The van der Waals surface area contributed by atoms with Crippen molar-refractivity contribution in [2.24, 2.45) is 0 Å². The van der Waals surface area contributed by atoms with Crippen molar-refractivity contribution in [2.75, 3.05) is 45.8 Å². The van der Waals surface area contributed by atoms with Gasteiger partial charge in [-0.05, 0) is 13.8 Å². The summed E-state index contributed by atoms with van der Waals surface area (Å²) in [6.07, 6.45) is 0. The number of quaternary nitrogens is 1. The Bertz CT molecular complexity index is 321. The van der Waals surface area contributed by atoms with Crippen LogP contribution >= 0.6 is 0 Å². The predicted octanol–water partition coefficient (Wildman–Crippen LogP) is -0.633. The monoisotopic (exact) mass is 255 g/mol. The fourth-order valence-corrected chi connectivity index (χ4v) is 2.74. The average Bonchev–Trinajstić information content (AvgIpc) is 2.28. The quantitative estimate of drug-likeness (QED) is 0.660. The number of urea groups is 1. The number of amides is 3. The Hall–Kier alpha value is -1.14. The summed E-state index contributed by atoms with van der Waals surface area (Å²) in [5, 5.41) is 5.08. The minimum absolute atomic E-state index is 0.0448. The Balaban J connectivity index is 1.81. The molecule has 0 aromatic carbocycles. The second-order valence-corrected chi connectivity index (χ2v) is 5.69. The second-order valence-electron chi connectivity index (χ2n) is 5.69. The molecule has 6 nitrogen and oxygen atoms in total. The van der Waals surface area contributed by atoms with Crippen LogP contribution in [-0.2, 0) is 4.79 Å². The van der Waals surface area contributed by atoms with Gasteiger partial charge < -0.3 is 9.80 Å². The number of hydrogen-bond donors (Lipinski definition) is 2. The molecular weight excluding hydrogens is 232 g/mol. The molecule has 3 heterocycles. The maximum absolute atomic E-state index is 11.9. The Labute approximate surface area is 108 Å². The van der Waals surface area contributed by atoms with Gasteiger partial charge in [-0.1, -0.05) is 0 Å². The minimum Gasteiger partial charge on any atom is -0.336 e. The van der Waals surface area contributed by atoms with Gasteiger partial charge in [-0.3, -0.25) is 15.0 Å². The molecule has 2 N–H and O–H groups in total. The van der Waals surface area contributed by atoms with E-state index >= 15 is 0 Å². The lowest BCUT2D eigenvalue weighted by atomic mass is 10.1. The van der Waals surface area contributed by atoms with Gasteiger partial charge >= 0.3 is 6.03 Å². The van der Waals surface area contributed by atoms with E-state index in [0.717, 1.165) is 43.8 Å². The molecule has 3 aliphatic rings. The molecule has 2 bridgehead atoms. The Morgan fingerprint density at radius 2 is 1.72 bits per heavy atom. The summed E-state index contributed by atoms with van der Waals surface area (Å²) in [5.41, 5.74) is 0. The van der Waals surface area contributed by atoms with Gasteiger partial charge in [0.1, 0.15) is 0 Å². The van der Waals surface area contributed by atoms with Crippen LogP contribution in [0.3, 0.4) is 0 Å². The van der Waals surface area contributed by atoms with E-state index in [9.17, 15) is 9.59 Å². The molecule has 3 saturated heterocycles. The van der Waals surface area contributed by atoms with E-state index in [2.05, 4.69) is 15.5 Å². The third-order valence-corrected chi connectivity index (χ3v) is 3.82. The van der Waals surface area contributed by atoms with Gasteiger partial charge in [-0.25, -0.2) is 4.79 Å². The van der Waals surface area contributed by atoms with Gasteiger partial charge in [-0.15, -0.1) is 0 Å². The molecule has 0 aromatic rings. The third kappa shape index (κ3) is 3.20. The SMILES string of the molecule is CC(C)NC(=O)NC(=O)C[N+]12CCN(CC1)CC2. The molecule has 18 heavy (non-hydrogen) atoms. The first-order valence-electron chi connectivity index (χ1n) is 6.67. The lowest BCUT2D eigenvalue weighted by Crippen LogP contribution is -2.69. The first kappa shape index (κ1) is 13.3. The number of carbonyl (C=O) groups is 2. The topological polar surface area (TPSA) is 61.4 Å². The van der Waals surface area contributed by atoms with Crippen molar-refractivity contribution < 1.29 is 14.1 Å². The zero-order chi connectivity index (χ0) is 13.2. The van der Waals surface area contributed by atoms with Crippen molar-refractivity contribution in [1.82, 2.24) is 15.5 Å². The first-order chi connectivity index (χ1) is 8.49. The van der Waals surface area contributed by atoms with Crippen molar-refractivity contribution in [3.05, 3.63) is 0 Å². The lowest BCUT2D eigenvalue weighted by Gasteiger charge is -2.49. The largest absolute Gasteiger partial charge is 0.336 e. The number of fused-ring (bicyclic) bond motifs is 3. The highest BCUT2D eigenvalue weighted by molar-refractivity contribution is 5.94. The van der Waals surface area contributed by atoms with E-state index in [1.165, 1.54) is 0 Å². The number of nitrogens with zero attached hydrogens (tertiary/aromatic N) is 2. The summed E-state index contributed by atoms with van der Waals surface area (Å²) >= 11 is 0. The maximum Gasteiger partial charge on any atom is 0.321 e. The van der Waals surface area contributed by atoms with Crippen LogP contribution in [0.4, 0.5) is 4.79 Å². The van der Waals surface area contributed by atoms with Crippen LogP contribution in [0, 0.1) is 0 Å². The molecule has 0 radical (unpaired) electrons. The molecule has 0 atom stereocenters. The lowest BCUT2D eigenvalue weighted by molar-refractivity contribution is -0.933. The van der Waals surface area contributed by atoms with Crippen LogP contribution in [0.1, 0.15) is 13.8 Å². The fraction of sp³-hybridized carbons (Fsp3) is 0.833. The summed E-state index contributed by atoms with van der Waals surface area (Å²) < 4.78 is 0.845. The second kappa shape index (κ2) is 5.24. The molecule has 3 amide bonds. The summed E-state index contributed by atoms with van der Waals surface area (Å²) in [4.78, 5) is 25.8. The predicted molar refractivity (Wildman–Crippen MR) is 68.0 cm³/mol. The number of rotatable bonds is 3. The van der Waals surface area contributed by atoms with Crippen LogP contribution in [0.2, 0.25) is 0 Å². The molecule has 0 saturated carbocycles. The number of piperazine rings is 3. The highest BCUT2D eigenvalue weighted by atomic mass is 16.2. The molecular formula is C12H23N4O2+. The normalized spacial score (nSPS) is 30.3. The summed E-state index contributed by atoms with van der Waals surface area (Å²) in [6, 6.07) is -0.341. The first-order valence-corrected chi connectivity index (χ1v) is 6.67. The van der Waals surface area contributed by atoms with Gasteiger partial charge in [0.15, 0.2) is 6.54 Å². The van der Waals surface area contributed by atoms with Crippen molar-refractivity contribution in [3.8, 4) is 0 Å². The van der Waals surface area contributed by atoms with Gasteiger partial charge in [-0.2, -0.15) is 0 Å². The smallest absolute Gasteiger partial charge is 0.321 e. The molecule has 0 aromatic heterocycles. The molecule has 0 unspecified atom stereocenters. The number of hydrogen-bond acceptors (Lipinski definition) is 3. The van der Waals surface area contributed by atoms with Gasteiger partial charge in [0.2, 0.25) is 0 Å². The summed E-state index contributed by atoms with van der Waals surface area (Å²) in [5.74, 6) is -0.163. The van der Waals surface area contributed by atoms with Crippen LogP contribution in [-0.4, -0.2) is 73.2 Å². The van der Waals surface area contributed by atoms with Crippen LogP contribution in [0.15, 0.2) is 0 Å². The molecule has 0 spiro atoms. The zero-order valence-electron chi connectivity index (χ0n) is 11.2. The average molecular weight is 255 g/mol. The van der Waals surface area contributed by atoms with Crippen molar-refractivity contribution in [3.63, 3.8) is 0 Å². The Morgan fingerprint density at radius 3 is 2.22 bits per heavy atom. The molecule has 3 rings (SSSR count). The number of carbonyl (C=O) groups excluding carboxylic acids is 2. The summed E-state index contributed by atoms with van der Waals surface area (Å²) in [7, 11) is 0. The zero-order valence-corrected chi connectivity index (χ0v) is 11.2. The van der Waals surface area contributed by atoms with Crippen LogP contribution in [0.25, 0.3) is 0 Å². The number of nitrogens with one attached hydrogen (secondary N) is 2. The molecule has 102 valence electrons. The standard InChI is InChI=1S/C12H22N4O2/c1-10(2)13-12(18)14-11(17)9-16-6-3-15(4-7-16)5-8-16/h10H,3-9H2,1-2H3,(H-,13,14,17,18)/p+1. The van der Waals surface area contributed by atoms with Gasteiger partial charge in [0.25, 0.3) is 5.91 Å². The van der Waals surface area contributed by atoms with E-state index in [4.69, 9.17) is 0 Å². The Morgan fingerprint density at radius 1 is 1.17 bits per heavy atom. The van der Waals surface area contributed by atoms with Crippen molar-refractivity contribution >= 4 is 11.9 Å². The number of imide groups is 1. The highest BCUT2D eigenvalue weighted by Crippen LogP contribution is 2.18. The molecule has 0 aliphatic carbocycles. The molecule has 3 fully saturated rings. The maximum atomic E-state index is 11.9. The van der Waals surface area contributed by atoms with Gasteiger partial charge in [0, 0.05) is 25.7 Å². The summed E-state index contributed by atoms with van der Waals surface area (Å²) in [6.45, 7) is 10.5. The third-order valence-electron chi connectivity index (χ3n) is 3.82. The molecule has 6 heteroatoms. The van der Waals surface area contributed by atoms with E-state index in [-0.39, 0.29) is 18.0 Å². The van der Waals surface area contributed by atoms with Gasteiger partial charge in [0.05, 0.1) is 19.6 Å². The van der Waals surface area contributed by atoms with E-state index in [1.807, 2.05) is 13.8 Å². The van der Waals surface area contributed by atoms with E-state index < -0.39 is 0 Å².